The summed E-state index contributed by atoms with van der Waals surface area (Å²) in [5.41, 5.74) is 6.88. The highest BCUT2D eigenvalue weighted by molar-refractivity contribution is 7.14. The number of nitrogens with zero attached hydrogens (tertiary/aromatic N) is 3. The van der Waals surface area contributed by atoms with E-state index in [4.69, 9.17) is 23.9 Å². The Bertz CT molecular complexity index is 1610. The number of carbonyl (C=O) groups is 2. The second-order valence-electron chi connectivity index (χ2n) is 13.5. The van der Waals surface area contributed by atoms with Crippen molar-refractivity contribution < 1.29 is 28.5 Å². The molecule has 3 heterocycles. The Kier molecular flexibility index (Phi) is 8.33. The molecule has 1 spiro atoms. The van der Waals surface area contributed by atoms with E-state index >= 15 is 0 Å². The van der Waals surface area contributed by atoms with Crippen LogP contribution in [0.5, 0.6) is 5.75 Å². The van der Waals surface area contributed by atoms with Crippen molar-refractivity contribution in [3.8, 4) is 17.0 Å². The van der Waals surface area contributed by atoms with Crippen molar-refractivity contribution in [3.63, 3.8) is 0 Å². The van der Waals surface area contributed by atoms with Crippen molar-refractivity contribution in [2.45, 2.75) is 84.3 Å². The molecule has 3 aromatic rings. The third-order valence-corrected chi connectivity index (χ3v) is 10.2. The van der Waals surface area contributed by atoms with E-state index in [2.05, 4.69) is 48.4 Å². The topological polar surface area (TPSA) is 90.4 Å². The Morgan fingerprint density at radius 3 is 2.62 bits per heavy atom. The van der Waals surface area contributed by atoms with Gasteiger partial charge < -0.3 is 28.7 Å². The number of hydrogen-bond donors (Lipinski definition) is 0. The van der Waals surface area contributed by atoms with Gasteiger partial charge in [-0.2, -0.15) is 0 Å². The molecule has 1 aliphatic carbocycles. The van der Waals surface area contributed by atoms with Crippen LogP contribution in [0.1, 0.15) is 61.4 Å². The molecule has 9 nitrogen and oxygen atoms in total. The summed E-state index contributed by atoms with van der Waals surface area (Å²) in [4.78, 5) is 34.2. The number of anilines is 1. The van der Waals surface area contributed by atoms with Gasteiger partial charge in [0.25, 0.3) is 0 Å². The number of fused-ring (bicyclic) bond motifs is 1. The smallest absolute Gasteiger partial charge is 0.410 e. The number of esters is 1. The van der Waals surface area contributed by atoms with Gasteiger partial charge in [-0.05, 0) is 81.3 Å². The molecule has 1 amide bonds. The van der Waals surface area contributed by atoms with Gasteiger partial charge in [-0.15, -0.1) is 11.3 Å². The maximum atomic E-state index is 12.7. The van der Waals surface area contributed by atoms with Gasteiger partial charge in [0.05, 0.1) is 30.4 Å². The number of aromatic nitrogens is 1. The minimum Gasteiger partial charge on any atom is -0.488 e. The Labute approximate surface area is 269 Å². The van der Waals surface area contributed by atoms with Crippen molar-refractivity contribution >= 4 is 28.5 Å². The van der Waals surface area contributed by atoms with E-state index in [9.17, 15) is 9.59 Å². The molecule has 240 valence electrons. The Morgan fingerprint density at radius 1 is 1.11 bits per heavy atom. The highest BCUT2D eigenvalue weighted by Crippen LogP contribution is 2.55. The van der Waals surface area contributed by atoms with E-state index in [0.717, 1.165) is 51.7 Å². The molecule has 3 atom stereocenters. The van der Waals surface area contributed by atoms with E-state index < -0.39 is 5.60 Å². The Balaban J connectivity index is 1.19. The van der Waals surface area contributed by atoms with E-state index in [0.29, 0.717) is 32.7 Å². The molecular formula is C35H43N3O6S. The van der Waals surface area contributed by atoms with Crippen LogP contribution >= 0.6 is 11.3 Å². The second kappa shape index (κ2) is 11.9. The first-order valence-electron chi connectivity index (χ1n) is 15.6. The van der Waals surface area contributed by atoms with Gasteiger partial charge in [0.1, 0.15) is 18.0 Å². The van der Waals surface area contributed by atoms with Crippen LogP contribution in [0.25, 0.3) is 11.3 Å². The van der Waals surface area contributed by atoms with Gasteiger partial charge in [0, 0.05) is 44.1 Å². The van der Waals surface area contributed by atoms with Crippen molar-refractivity contribution in [2.24, 2.45) is 5.92 Å². The number of aryl methyl sites for hydroxylation is 1. The van der Waals surface area contributed by atoms with Crippen molar-refractivity contribution in [1.29, 1.82) is 0 Å². The van der Waals surface area contributed by atoms with E-state index in [-0.39, 0.29) is 29.6 Å². The highest BCUT2D eigenvalue weighted by atomic mass is 32.1. The molecule has 2 aromatic carbocycles. The molecule has 0 N–H and O–H groups in total. The van der Waals surface area contributed by atoms with Crippen LogP contribution in [0.3, 0.4) is 0 Å². The lowest BCUT2D eigenvalue weighted by Crippen LogP contribution is -2.40. The number of benzene rings is 2. The maximum absolute atomic E-state index is 12.7. The first-order valence-corrected chi connectivity index (χ1v) is 16.5. The number of thiazole rings is 1. The van der Waals surface area contributed by atoms with Gasteiger partial charge in [-0.3, -0.25) is 4.79 Å². The number of methoxy groups -OCH3 is 2. The number of rotatable bonds is 7. The fourth-order valence-electron chi connectivity index (χ4n) is 6.90. The second-order valence-corrected chi connectivity index (χ2v) is 14.3. The molecule has 1 saturated heterocycles. The summed E-state index contributed by atoms with van der Waals surface area (Å²) >= 11 is 1.58. The molecule has 1 saturated carbocycles. The molecule has 45 heavy (non-hydrogen) atoms. The fraction of sp³-hybridized carbons (Fsp3) is 0.514. The Morgan fingerprint density at radius 2 is 1.91 bits per heavy atom. The fourth-order valence-corrected chi connectivity index (χ4v) is 7.83. The van der Waals surface area contributed by atoms with E-state index in [1.54, 1.807) is 23.3 Å². The molecule has 1 aromatic heterocycles. The molecular weight excluding hydrogens is 590 g/mol. The van der Waals surface area contributed by atoms with Crippen LogP contribution in [0, 0.1) is 19.8 Å². The van der Waals surface area contributed by atoms with Crippen molar-refractivity contribution in [1.82, 2.24) is 9.88 Å². The molecule has 3 aliphatic rings. The summed E-state index contributed by atoms with van der Waals surface area (Å²) < 4.78 is 23.0. The normalized spacial score (nSPS) is 22.4. The molecule has 2 fully saturated rings. The first-order chi connectivity index (χ1) is 21.4. The largest absolute Gasteiger partial charge is 0.488 e. The van der Waals surface area contributed by atoms with Gasteiger partial charge >= 0.3 is 12.1 Å². The van der Waals surface area contributed by atoms with Gasteiger partial charge in [-0.25, -0.2) is 9.78 Å². The van der Waals surface area contributed by atoms with Gasteiger partial charge in [0.15, 0.2) is 5.13 Å². The standard InChI is InChI=1S/C35H43N3O6S/c1-21-9-8-10-27(28-20-45-32(36-28)38-18-25(31(39)42-7)15-35(38)16-29(35)41-6)30(21)43-19-24-12-11-23-17-37(14-13-26(23)22(24)2)33(40)44-34(3,4)5/h8-12,20,25,29H,13-19H2,1-7H3/t25?,29-,35+/m1/s1. The van der Waals surface area contributed by atoms with Crippen LogP contribution < -0.4 is 9.64 Å². The highest BCUT2D eigenvalue weighted by Gasteiger charge is 2.65. The minimum absolute atomic E-state index is 0.0811. The molecule has 10 heteroatoms. The maximum Gasteiger partial charge on any atom is 0.410 e. The first kappa shape index (κ1) is 31.4. The summed E-state index contributed by atoms with van der Waals surface area (Å²) in [6.07, 6.45) is 2.19. The number of amides is 1. The quantitative estimate of drug-likeness (QED) is 0.274. The van der Waals surface area contributed by atoms with Gasteiger partial charge in [0.2, 0.25) is 0 Å². The van der Waals surface area contributed by atoms with Crippen LogP contribution in [0.4, 0.5) is 9.93 Å². The lowest BCUT2D eigenvalue weighted by Gasteiger charge is -2.32. The zero-order chi connectivity index (χ0) is 32.1. The summed E-state index contributed by atoms with van der Waals surface area (Å²) in [6.45, 7) is 12.0. The lowest BCUT2D eigenvalue weighted by molar-refractivity contribution is -0.144. The summed E-state index contributed by atoms with van der Waals surface area (Å²) in [5, 5.41) is 2.95. The lowest BCUT2D eigenvalue weighted by atomic mass is 9.92. The number of ether oxygens (including phenoxy) is 4. The molecule has 1 unspecified atom stereocenters. The average molecular weight is 634 g/mol. The molecule has 0 radical (unpaired) electrons. The van der Waals surface area contributed by atoms with Crippen LogP contribution in [0.2, 0.25) is 0 Å². The SMILES string of the molecule is COC(=O)C1CN(c2nc(-c3cccc(C)c3OCc3ccc4c(c3C)CCN(C(=O)OC(C)(C)C)C4)cs2)[C@@]2(C1)C[C@H]2OC. The number of para-hydroxylation sites is 1. The Hall–Kier alpha value is -3.63. The summed E-state index contributed by atoms with van der Waals surface area (Å²) in [7, 11) is 3.18. The third-order valence-electron chi connectivity index (χ3n) is 9.37. The monoisotopic (exact) mass is 633 g/mol. The van der Waals surface area contributed by atoms with E-state index in [1.807, 2.05) is 26.8 Å². The van der Waals surface area contributed by atoms with Crippen molar-refractivity contribution in [3.05, 3.63) is 63.5 Å². The number of carbonyl (C=O) groups excluding carboxylic acids is 2. The van der Waals surface area contributed by atoms with Gasteiger partial charge in [-0.1, -0.05) is 24.3 Å². The minimum atomic E-state index is -0.517. The van der Waals surface area contributed by atoms with Crippen LogP contribution in [0.15, 0.2) is 35.7 Å². The number of hydrogen-bond acceptors (Lipinski definition) is 9. The van der Waals surface area contributed by atoms with Crippen molar-refractivity contribution in [2.75, 3.05) is 32.2 Å². The predicted molar refractivity (Wildman–Crippen MR) is 174 cm³/mol. The average Bonchev–Trinajstić information content (AvgIpc) is 3.30. The zero-order valence-corrected chi connectivity index (χ0v) is 28.1. The molecule has 2 aliphatic heterocycles. The van der Waals surface area contributed by atoms with Crippen LogP contribution in [-0.4, -0.2) is 66.5 Å². The third kappa shape index (κ3) is 6.02. The van der Waals surface area contributed by atoms with E-state index in [1.165, 1.54) is 18.2 Å². The predicted octanol–water partition coefficient (Wildman–Crippen LogP) is 6.46. The molecule has 0 bridgehead atoms. The summed E-state index contributed by atoms with van der Waals surface area (Å²) in [6, 6.07) is 10.4. The zero-order valence-electron chi connectivity index (χ0n) is 27.3. The van der Waals surface area contributed by atoms with Crippen LogP contribution in [-0.2, 0) is 38.6 Å². The summed E-state index contributed by atoms with van der Waals surface area (Å²) in [5.74, 6) is 0.440. The molecule has 6 rings (SSSR count).